The van der Waals surface area contributed by atoms with Crippen LogP contribution in [-0.4, -0.2) is 11.4 Å². The normalized spacial score (nSPS) is 11.4. The Hall–Kier alpha value is -0.390. The van der Waals surface area contributed by atoms with Crippen LogP contribution < -0.4 is 11.1 Å². The Bertz CT molecular complexity index is 413. The van der Waals surface area contributed by atoms with Gasteiger partial charge in [0.2, 0.25) is 5.91 Å². The maximum Gasteiger partial charge on any atom is 0.224 e. The van der Waals surface area contributed by atoms with Gasteiger partial charge in [-0.05, 0) is 54.4 Å². The van der Waals surface area contributed by atoms with Gasteiger partial charge in [0.25, 0.3) is 0 Å². The zero-order chi connectivity index (χ0) is 13.1. The monoisotopic (exact) mass is 362 g/mol. The molecule has 3 nitrogen and oxygen atoms in total. The molecule has 0 saturated heterocycles. The van der Waals surface area contributed by atoms with Crippen LogP contribution in [0.2, 0.25) is 0 Å². The molecule has 0 heterocycles. The average Bonchev–Trinajstić information content (AvgIpc) is 2.18. The van der Waals surface area contributed by atoms with Crippen molar-refractivity contribution in [2.75, 3.05) is 5.32 Å². The van der Waals surface area contributed by atoms with Crippen LogP contribution in [0.15, 0.2) is 27.1 Å². The number of carbonyl (C=O) groups is 1. The van der Waals surface area contributed by atoms with E-state index in [0.717, 1.165) is 14.6 Å². The van der Waals surface area contributed by atoms with Gasteiger partial charge >= 0.3 is 0 Å². The van der Waals surface area contributed by atoms with Crippen LogP contribution in [0, 0.1) is 0 Å². The van der Waals surface area contributed by atoms with Gasteiger partial charge in [-0.3, -0.25) is 4.79 Å². The average molecular weight is 364 g/mol. The fourth-order valence-electron chi connectivity index (χ4n) is 1.24. The molecule has 0 aliphatic rings. The third-order valence-corrected chi connectivity index (χ3v) is 3.35. The highest BCUT2D eigenvalue weighted by Crippen LogP contribution is 2.26. The second-order valence-corrected chi connectivity index (χ2v) is 6.43. The summed E-state index contributed by atoms with van der Waals surface area (Å²) in [5.74, 6) is -0.0217. The van der Waals surface area contributed by atoms with E-state index in [9.17, 15) is 4.79 Å². The molecule has 0 aromatic heterocycles. The van der Waals surface area contributed by atoms with Gasteiger partial charge in [-0.1, -0.05) is 15.9 Å². The van der Waals surface area contributed by atoms with Crippen molar-refractivity contribution in [1.29, 1.82) is 0 Å². The van der Waals surface area contributed by atoms with Crippen LogP contribution in [0.25, 0.3) is 0 Å². The zero-order valence-electron chi connectivity index (χ0n) is 9.89. The minimum absolute atomic E-state index is 0.0217. The van der Waals surface area contributed by atoms with Crippen molar-refractivity contribution in [1.82, 2.24) is 0 Å². The highest BCUT2D eigenvalue weighted by Gasteiger charge is 2.13. The van der Waals surface area contributed by atoms with Crippen LogP contribution in [0.4, 0.5) is 5.69 Å². The molecule has 0 bridgehead atoms. The standard InChI is InChI=1S/C12H16Br2N2O/c1-12(2,15)6-5-11(17)16-10-4-3-8(13)7-9(10)14/h3-4,7H,5-6,15H2,1-2H3,(H,16,17). The van der Waals surface area contributed by atoms with Crippen molar-refractivity contribution in [3.8, 4) is 0 Å². The number of carbonyl (C=O) groups excluding carboxylic acids is 1. The van der Waals surface area contributed by atoms with E-state index in [0.29, 0.717) is 12.8 Å². The topological polar surface area (TPSA) is 55.1 Å². The van der Waals surface area contributed by atoms with Crippen molar-refractivity contribution < 1.29 is 4.79 Å². The Balaban J connectivity index is 2.57. The van der Waals surface area contributed by atoms with Crippen molar-refractivity contribution in [3.63, 3.8) is 0 Å². The molecule has 0 aliphatic carbocycles. The molecule has 0 saturated carbocycles. The molecule has 3 N–H and O–H groups in total. The van der Waals surface area contributed by atoms with Crippen LogP contribution in [0.5, 0.6) is 0 Å². The largest absolute Gasteiger partial charge is 0.326 e. The van der Waals surface area contributed by atoms with Gasteiger partial charge in [-0.25, -0.2) is 0 Å². The molecule has 0 atom stereocenters. The lowest BCUT2D eigenvalue weighted by Gasteiger charge is -2.17. The predicted octanol–water partition coefficient (Wildman–Crippen LogP) is 3.67. The van der Waals surface area contributed by atoms with Gasteiger partial charge in [0.05, 0.1) is 5.69 Å². The first-order valence-electron chi connectivity index (χ1n) is 5.32. The molecule has 0 aliphatic heterocycles. The Morgan fingerprint density at radius 3 is 2.59 bits per heavy atom. The first-order chi connectivity index (χ1) is 7.78. The zero-order valence-corrected chi connectivity index (χ0v) is 13.1. The van der Waals surface area contributed by atoms with E-state index >= 15 is 0 Å². The molecule has 0 spiro atoms. The van der Waals surface area contributed by atoms with E-state index in [1.807, 2.05) is 32.0 Å². The summed E-state index contributed by atoms with van der Waals surface area (Å²) < 4.78 is 1.82. The van der Waals surface area contributed by atoms with Gasteiger partial charge in [-0.15, -0.1) is 0 Å². The molecule has 0 radical (unpaired) electrons. The fraction of sp³-hybridized carbons (Fsp3) is 0.417. The number of hydrogen-bond donors (Lipinski definition) is 2. The molecule has 0 fully saturated rings. The van der Waals surface area contributed by atoms with E-state index < -0.39 is 0 Å². The third-order valence-electron chi connectivity index (χ3n) is 2.20. The third kappa shape index (κ3) is 5.66. The molecule has 0 unspecified atom stereocenters. The Kier molecular flexibility index (Phi) is 5.16. The maximum atomic E-state index is 11.7. The molecular weight excluding hydrogens is 348 g/mol. The molecule has 17 heavy (non-hydrogen) atoms. The smallest absolute Gasteiger partial charge is 0.224 e. The number of nitrogens with two attached hydrogens (primary N) is 1. The van der Waals surface area contributed by atoms with Gasteiger partial charge in [0.1, 0.15) is 0 Å². The highest BCUT2D eigenvalue weighted by molar-refractivity contribution is 9.11. The summed E-state index contributed by atoms with van der Waals surface area (Å²) in [5.41, 5.74) is 6.29. The summed E-state index contributed by atoms with van der Waals surface area (Å²) in [6.45, 7) is 3.83. The van der Waals surface area contributed by atoms with Gasteiger partial charge in [0.15, 0.2) is 0 Å². The van der Waals surface area contributed by atoms with E-state index in [4.69, 9.17) is 5.73 Å². The number of halogens is 2. The van der Waals surface area contributed by atoms with Crippen LogP contribution in [-0.2, 0) is 4.79 Å². The molecule has 1 aromatic rings. The number of nitrogens with one attached hydrogen (secondary N) is 1. The van der Waals surface area contributed by atoms with E-state index in [1.54, 1.807) is 0 Å². The second kappa shape index (κ2) is 5.98. The quantitative estimate of drug-likeness (QED) is 0.857. The van der Waals surface area contributed by atoms with Crippen LogP contribution >= 0.6 is 31.9 Å². The first-order valence-corrected chi connectivity index (χ1v) is 6.90. The second-order valence-electron chi connectivity index (χ2n) is 4.66. The van der Waals surface area contributed by atoms with Gasteiger partial charge < -0.3 is 11.1 Å². The molecule has 1 rings (SSSR count). The van der Waals surface area contributed by atoms with Crippen molar-refractivity contribution in [2.45, 2.75) is 32.2 Å². The predicted molar refractivity (Wildman–Crippen MR) is 78.0 cm³/mol. The van der Waals surface area contributed by atoms with Crippen molar-refractivity contribution in [2.24, 2.45) is 5.73 Å². The van der Waals surface area contributed by atoms with E-state index in [2.05, 4.69) is 37.2 Å². The molecule has 1 amide bonds. The minimum atomic E-state index is -0.311. The number of rotatable bonds is 4. The van der Waals surface area contributed by atoms with Crippen molar-refractivity contribution >= 4 is 43.5 Å². The lowest BCUT2D eigenvalue weighted by Crippen LogP contribution is -2.33. The fourth-order valence-corrected chi connectivity index (χ4v) is 2.39. The van der Waals surface area contributed by atoms with Gasteiger partial charge in [0, 0.05) is 20.9 Å². The van der Waals surface area contributed by atoms with Crippen LogP contribution in [0.3, 0.4) is 0 Å². The lowest BCUT2D eigenvalue weighted by atomic mass is 10.00. The highest BCUT2D eigenvalue weighted by atomic mass is 79.9. The first kappa shape index (κ1) is 14.7. The Labute approximate surface area is 118 Å². The van der Waals surface area contributed by atoms with Gasteiger partial charge in [-0.2, -0.15) is 0 Å². The van der Waals surface area contributed by atoms with E-state index in [1.165, 1.54) is 0 Å². The number of anilines is 1. The number of benzene rings is 1. The maximum absolute atomic E-state index is 11.7. The van der Waals surface area contributed by atoms with Crippen LogP contribution in [0.1, 0.15) is 26.7 Å². The molecule has 5 heteroatoms. The summed E-state index contributed by atoms with van der Waals surface area (Å²) in [6.07, 6.45) is 1.08. The summed E-state index contributed by atoms with van der Waals surface area (Å²) >= 11 is 6.76. The summed E-state index contributed by atoms with van der Waals surface area (Å²) in [4.78, 5) is 11.7. The van der Waals surface area contributed by atoms with Crippen molar-refractivity contribution in [3.05, 3.63) is 27.1 Å². The summed E-state index contributed by atoms with van der Waals surface area (Å²) in [7, 11) is 0. The lowest BCUT2D eigenvalue weighted by molar-refractivity contribution is -0.116. The summed E-state index contributed by atoms with van der Waals surface area (Å²) in [5, 5.41) is 2.85. The molecule has 1 aromatic carbocycles. The summed E-state index contributed by atoms with van der Waals surface area (Å²) in [6, 6.07) is 5.62. The Morgan fingerprint density at radius 2 is 2.06 bits per heavy atom. The Morgan fingerprint density at radius 1 is 1.41 bits per heavy atom. The SMILES string of the molecule is CC(C)(N)CCC(=O)Nc1ccc(Br)cc1Br. The minimum Gasteiger partial charge on any atom is -0.326 e. The number of amides is 1. The molecule has 94 valence electrons. The van der Waals surface area contributed by atoms with E-state index in [-0.39, 0.29) is 11.4 Å². The molecular formula is C12H16Br2N2O. The number of hydrogen-bond acceptors (Lipinski definition) is 2.